The molecule has 1 fully saturated rings. The minimum atomic E-state index is -0.541. The third kappa shape index (κ3) is 2.07. The summed E-state index contributed by atoms with van der Waals surface area (Å²) in [6.45, 7) is 1.20. The summed E-state index contributed by atoms with van der Waals surface area (Å²) < 4.78 is 1.71. The molecule has 2 N–H and O–H groups in total. The van der Waals surface area contributed by atoms with Gasteiger partial charge < -0.3 is 15.3 Å². The summed E-state index contributed by atoms with van der Waals surface area (Å²) in [7, 11) is 1.73. The van der Waals surface area contributed by atoms with Crippen molar-refractivity contribution in [1.29, 1.82) is 0 Å². The van der Waals surface area contributed by atoms with Crippen LogP contribution in [0.3, 0.4) is 0 Å². The molecule has 16 heavy (non-hydrogen) atoms. The molecule has 2 rings (SSSR count). The summed E-state index contributed by atoms with van der Waals surface area (Å²) >= 11 is 0. The molecule has 1 amide bonds. The first-order valence-electron chi connectivity index (χ1n) is 5.32. The van der Waals surface area contributed by atoms with E-state index < -0.39 is 6.10 Å². The number of rotatable bonds is 3. The van der Waals surface area contributed by atoms with Gasteiger partial charge in [-0.25, -0.2) is 0 Å². The van der Waals surface area contributed by atoms with E-state index in [2.05, 4.69) is 10.4 Å². The summed E-state index contributed by atoms with van der Waals surface area (Å²) in [5, 5.41) is 16.8. The van der Waals surface area contributed by atoms with Crippen LogP contribution in [0.15, 0.2) is 18.5 Å². The topological polar surface area (TPSA) is 70.4 Å². The van der Waals surface area contributed by atoms with Crippen LogP contribution in [0, 0.1) is 0 Å². The van der Waals surface area contributed by atoms with Crippen molar-refractivity contribution in [2.75, 3.05) is 26.7 Å². The highest BCUT2D eigenvalue weighted by Gasteiger charge is 2.34. The highest BCUT2D eigenvalue weighted by atomic mass is 16.3. The Hall–Kier alpha value is -1.40. The Bertz CT molecular complexity index is 352. The van der Waals surface area contributed by atoms with E-state index in [1.807, 2.05) is 6.07 Å². The van der Waals surface area contributed by atoms with Crippen LogP contribution in [0.2, 0.25) is 0 Å². The van der Waals surface area contributed by atoms with Gasteiger partial charge in [0.25, 0.3) is 0 Å². The molecule has 0 spiro atoms. The molecule has 0 radical (unpaired) electrons. The Morgan fingerprint density at radius 2 is 2.44 bits per heavy atom. The number of β-amino-alcohol motifs (C(OH)–C–C–N with tert-alkyl or cyclic N) is 1. The Balaban J connectivity index is 2.02. The van der Waals surface area contributed by atoms with Crippen molar-refractivity contribution in [2.24, 2.45) is 0 Å². The van der Waals surface area contributed by atoms with Gasteiger partial charge in [0.15, 0.2) is 0 Å². The molecule has 6 heteroatoms. The smallest absolute Gasteiger partial charge is 0.236 e. The summed E-state index contributed by atoms with van der Waals surface area (Å²) in [4.78, 5) is 13.3. The van der Waals surface area contributed by atoms with Crippen LogP contribution in [0.1, 0.15) is 6.04 Å². The molecular weight excluding hydrogens is 208 g/mol. The molecule has 1 aromatic rings. The molecule has 1 aliphatic heterocycles. The van der Waals surface area contributed by atoms with Crippen molar-refractivity contribution in [2.45, 2.75) is 12.1 Å². The van der Waals surface area contributed by atoms with E-state index in [9.17, 15) is 9.90 Å². The predicted molar refractivity (Wildman–Crippen MR) is 57.8 cm³/mol. The van der Waals surface area contributed by atoms with Crippen molar-refractivity contribution in [1.82, 2.24) is 20.0 Å². The second-order valence-electron chi connectivity index (χ2n) is 3.95. The van der Waals surface area contributed by atoms with Gasteiger partial charge in [-0.15, -0.1) is 0 Å². The van der Waals surface area contributed by atoms with Gasteiger partial charge in [-0.3, -0.25) is 9.48 Å². The monoisotopic (exact) mass is 224 g/mol. The second kappa shape index (κ2) is 4.63. The zero-order chi connectivity index (χ0) is 11.5. The maximum atomic E-state index is 11.6. The van der Waals surface area contributed by atoms with E-state index >= 15 is 0 Å². The maximum Gasteiger partial charge on any atom is 0.236 e. The maximum absolute atomic E-state index is 11.6. The lowest BCUT2D eigenvalue weighted by Crippen LogP contribution is -2.36. The molecule has 88 valence electrons. The number of likely N-dealkylation sites (tertiary alicyclic amines) is 1. The number of likely N-dealkylation sites (N-methyl/N-ethyl adjacent to an activating group) is 1. The second-order valence-corrected chi connectivity index (χ2v) is 3.95. The lowest BCUT2D eigenvalue weighted by molar-refractivity contribution is -0.129. The lowest BCUT2D eigenvalue weighted by atomic mass is 10.2. The number of hydrogen-bond donors (Lipinski definition) is 2. The van der Waals surface area contributed by atoms with E-state index in [4.69, 9.17) is 0 Å². The van der Waals surface area contributed by atoms with Crippen LogP contribution in [0.25, 0.3) is 0 Å². The SMILES string of the molecule is CNCC(=O)N1C[C@@H](O)[C@H](n2cccn2)C1. The Kier molecular flexibility index (Phi) is 3.21. The number of hydrogen-bond acceptors (Lipinski definition) is 4. The van der Waals surface area contributed by atoms with Crippen molar-refractivity contribution in [3.8, 4) is 0 Å². The number of carbonyl (C=O) groups is 1. The first-order chi connectivity index (χ1) is 7.72. The normalized spacial score (nSPS) is 25.0. The van der Waals surface area contributed by atoms with Crippen LogP contribution < -0.4 is 5.32 Å². The summed E-state index contributed by atoms with van der Waals surface area (Å²) in [5.41, 5.74) is 0. The van der Waals surface area contributed by atoms with Gasteiger partial charge in [0.1, 0.15) is 0 Å². The Morgan fingerprint density at radius 3 is 3.06 bits per heavy atom. The number of nitrogens with one attached hydrogen (secondary N) is 1. The molecule has 0 aromatic carbocycles. The van der Waals surface area contributed by atoms with E-state index in [1.165, 1.54) is 0 Å². The van der Waals surface area contributed by atoms with Gasteiger partial charge >= 0.3 is 0 Å². The molecule has 0 aliphatic carbocycles. The summed E-state index contributed by atoms with van der Waals surface area (Å²) in [6.07, 6.45) is 2.94. The number of amides is 1. The predicted octanol–water partition coefficient (Wildman–Crippen LogP) is -1.15. The van der Waals surface area contributed by atoms with Gasteiger partial charge in [0.2, 0.25) is 5.91 Å². The molecule has 1 saturated heterocycles. The molecule has 1 aliphatic rings. The molecule has 0 saturated carbocycles. The molecule has 0 unspecified atom stereocenters. The summed E-state index contributed by atoms with van der Waals surface area (Å²) in [5.74, 6) is 0.0104. The van der Waals surface area contributed by atoms with E-state index in [0.717, 1.165) is 0 Å². The average Bonchev–Trinajstić information content (AvgIpc) is 2.86. The zero-order valence-electron chi connectivity index (χ0n) is 9.21. The molecule has 6 nitrogen and oxygen atoms in total. The number of aromatic nitrogens is 2. The van der Waals surface area contributed by atoms with Crippen LogP contribution in [0.5, 0.6) is 0 Å². The fourth-order valence-electron chi connectivity index (χ4n) is 1.97. The van der Waals surface area contributed by atoms with Gasteiger partial charge in [-0.2, -0.15) is 5.10 Å². The lowest BCUT2D eigenvalue weighted by Gasteiger charge is -2.15. The van der Waals surface area contributed by atoms with Gasteiger partial charge in [0, 0.05) is 25.5 Å². The number of carbonyl (C=O) groups excluding carboxylic acids is 1. The van der Waals surface area contributed by atoms with Gasteiger partial charge in [-0.1, -0.05) is 0 Å². The van der Waals surface area contributed by atoms with Crippen molar-refractivity contribution in [3.63, 3.8) is 0 Å². The largest absolute Gasteiger partial charge is 0.389 e. The van der Waals surface area contributed by atoms with Crippen LogP contribution in [-0.4, -0.2) is 58.5 Å². The summed E-state index contributed by atoms with van der Waals surface area (Å²) in [6, 6.07) is 1.68. The molecule has 2 atom stereocenters. The van der Waals surface area contributed by atoms with Crippen molar-refractivity contribution < 1.29 is 9.90 Å². The zero-order valence-corrected chi connectivity index (χ0v) is 9.21. The minimum absolute atomic E-state index is 0.0104. The number of nitrogens with zero attached hydrogens (tertiary/aromatic N) is 3. The molecule has 1 aromatic heterocycles. The minimum Gasteiger partial charge on any atom is -0.389 e. The van der Waals surface area contributed by atoms with Crippen molar-refractivity contribution in [3.05, 3.63) is 18.5 Å². The quantitative estimate of drug-likeness (QED) is 0.680. The highest BCUT2D eigenvalue weighted by Crippen LogP contribution is 2.21. The first-order valence-corrected chi connectivity index (χ1v) is 5.32. The number of aliphatic hydroxyl groups excluding tert-OH is 1. The van der Waals surface area contributed by atoms with Gasteiger partial charge in [-0.05, 0) is 13.1 Å². The fourth-order valence-corrected chi connectivity index (χ4v) is 1.97. The Labute approximate surface area is 93.9 Å². The van der Waals surface area contributed by atoms with Crippen LogP contribution in [-0.2, 0) is 4.79 Å². The van der Waals surface area contributed by atoms with E-state index in [0.29, 0.717) is 19.6 Å². The standard InChI is InChI=1S/C10H16N4O2/c1-11-5-10(16)13-6-8(9(15)7-13)14-4-2-3-12-14/h2-4,8-9,11,15H,5-7H2,1H3/t8-,9-/m1/s1. The fraction of sp³-hybridized carbons (Fsp3) is 0.600. The van der Waals surface area contributed by atoms with Crippen LogP contribution in [0.4, 0.5) is 0 Å². The van der Waals surface area contributed by atoms with Crippen LogP contribution >= 0.6 is 0 Å². The van der Waals surface area contributed by atoms with Gasteiger partial charge in [0.05, 0.1) is 18.7 Å². The molecule has 2 heterocycles. The molecular formula is C10H16N4O2. The molecule has 0 bridgehead atoms. The Morgan fingerprint density at radius 1 is 1.62 bits per heavy atom. The van der Waals surface area contributed by atoms with Crippen molar-refractivity contribution >= 4 is 5.91 Å². The third-order valence-electron chi connectivity index (χ3n) is 2.80. The third-order valence-corrected chi connectivity index (χ3v) is 2.80. The van der Waals surface area contributed by atoms with E-state index in [-0.39, 0.29) is 11.9 Å². The highest BCUT2D eigenvalue weighted by molar-refractivity contribution is 5.78. The average molecular weight is 224 g/mol. The number of aliphatic hydroxyl groups is 1. The van der Waals surface area contributed by atoms with E-state index in [1.54, 1.807) is 29.0 Å². The first kappa shape index (κ1) is 11.1.